The molecule has 1 heterocycles. The van der Waals surface area contributed by atoms with Crippen LogP contribution in [0.2, 0.25) is 0 Å². The van der Waals surface area contributed by atoms with Crippen LogP contribution in [-0.2, 0) is 13.0 Å². The van der Waals surface area contributed by atoms with E-state index in [-0.39, 0.29) is 0 Å². The largest absolute Gasteiger partial charge is 0.338 e. The third-order valence-corrected chi connectivity index (χ3v) is 2.98. The lowest BCUT2D eigenvalue weighted by Crippen LogP contribution is -2.19. The molecule has 1 unspecified atom stereocenters. The Hall–Kier alpha value is -1.68. The molecule has 0 radical (unpaired) electrons. The standard InChI is InChI=1S/C12H13N3O/c1-13-7-11-14-12(15-16-11)10-6-8-4-2-3-5-9(8)10/h2-5,10,13H,6-7H2,1H3. The molecule has 0 saturated carbocycles. The van der Waals surface area contributed by atoms with Gasteiger partial charge in [0, 0.05) is 0 Å². The molecule has 0 spiro atoms. The number of aromatic nitrogens is 2. The van der Waals surface area contributed by atoms with E-state index in [2.05, 4.69) is 39.7 Å². The number of fused-ring (bicyclic) bond motifs is 1. The van der Waals surface area contributed by atoms with Gasteiger partial charge in [0.05, 0.1) is 12.5 Å². The van der Waals surface area contributed by atoms with Gasteiger partial charge in [-0.3, -0.25) is 0 Å². The highest BCUT2D eigenvalue weighted by atomic mass is 16.5. The number of benzene rings is 1. The summed E-state index contributed by atoms with van der Waals surface area (Å²) in [5.74, 6) is 1.79. The van der Waals surface area contributed by atoms with Gasteiger partial charge >= 0.3 is 0 Å². The first-order chi connectivity index (χ1) is 7.88. The lowest BCUT2D eigenvalue weighted by atomic mass is 9.77. The van der Waals surface area contributed by atoms with Gasteiger partial charge in [-0.1, -0.05) is 29.4 Å². The maximum atomic E-state index is 5.15. The molecule has 3 rings (SSSR count). The topological polar surface area (TPSA) is 51.0 Å². The molecule has 1 aliphatic rings. The maximum Gasteiger partial charge on any atom is 0.240 e. The van der Waals surface area contributed by atoms with Gasteiger partial charge in [-0.25, -0.2) is 0 Å². The van der Waals surface area contributed by atoms with Crippen molar-refractivity contribution in [3.8, 4) is 0 Å². The molecular weight excluding hydrogens is 202 g/mol. The zero-order valence-electron chi connectivity index (χ0n) is 9.10. The Morgan fingerprint density at radius 1 is 1.44 bits per heavy atom. The van der Waals surface area contributed by atoms with E-state index >= 15 is 0 Å². The van der Waals surface area contributed by atoms with Crippen molar-refractivity contribution >= 4 is 0 Å². The lowest BCUT2D eigenvalue weighted by Gasteiger charge is -2.27. The maximum absolute atomic E-state index is 5.15. The molecule has 2 aromatic rings. The number of nitrogens with one attached hydrogen (secondary N) is 1. The predicted molar refractivity (Wildman–Crippen MR) is 59.1 cm³/mol. The van der Waals surface area contributed by atoms with E-state index < -0.39 is 0 Å². The molecule has 1 atom stereocenters. The van der Waals surface area contributed by atoms with E-state index in [1.165, 1.54) is 11.1 Å². The van der Waals surface area contributed by atoms with Gasteiger partial charge in [-0.15, -0.1) is 0 Å². The second-order valence-corrected chi connectivity index (χ2v) is 4.03. The minimum Gasteiger partial charge on any atom is -0.338 e. The Morgan fingerprint density at radius 3 is 3.12 bits per heavy atom. The van der Waals surface area contributed by atoms with E-state index in [1.807, 2.05) is 7.05 Å². The molecule has 0 bridgehead atoms. The molecular formula is C12H13N3O. The van der Waals surface area contributed by atoms with Crippen LogP contribution in [-0.4, -0.2) is 17.2 Å². The summed E-state index contributed by atoms with van der Waals surface area (Å²) in [4.78, 5) is 4.38. The minimum atomic E-state index is 0.325. The van der Waals surface area contributed by atoms with Crippen LogP contribution in [0.1, 0.15) is 28.8 Å². The molecule has 1 N–H and O–H groups in total. The van der Waals surface area contributed by atoms with Gasteiger partial charge in [0.15, 0.2) is 5.82 Å². The van der Waals surface area contributed by atoms with E-state index in [0.29, 0.717) is 18.4 Å². The van der Waals surface area contributed by atoms with Crippen molar-refractivity contribution in [1.82, 2.24) is 15.5 Å². The van der Waals surface area contributed by atoms with Gasteiger partial charge in [0.25, 0.3) is 0 Å². The zero-order chi connectivity index (χ0) is 11.0. The smallest absolute Gasteiger partial charge is 0.240 e. The average molecular weight is 215 g/mol. The Bertz CT molecular complexity index is 506. The summed E-state index contributed by atoms with van der Waals surface area (Å²) >= 11 is 0. The summed E-state index contributed by atoms with van der Waals surface area (Å²) in [5, 5.41) is 7.02. The molecule has 0 fully saturated rings. The van der Waals surface area contributed by atoms with Crippen LogP contribution >= 0.6 is 0 Å². The van der Waals surface area contributed by atoms with E-state index in [4.69, 9.17) is 4.52 Å². The van der Waals surface area contributed by atoms with Crippen LogP contribution in [0.15, 0.2) is 28.8 Å². The highest BCUT2D eigenvalue weighted by molar-refractivity contribution is 5.43. The van der Waals surface area contributed by atoms with Crippen molar-refractivity contribution in [1.29, 1.82) is 0 Å². The second-order valence-electron chi connectivity index (χ2n) is 4.03. The van der Waals surface area contributed by atoms with Gasteiger partial charge in [-0.2, -0.15) is 4.98 Å². The zero-order valence-corrected chi connectivity index (χ0v) is 9.10. The number of hydrogen-bond donors (Lipinski definition) is 1. The first kappa shape index (κ1) is 9.54. The van der Waals surface area contributed by atoms with Gasteiger partial charge < -0.3 is 9.84 Å². The Balaban J connectivity index is 1.85. The minimum absolute atomic E-state index is 0.325. The van der Waals surface area contributed by atoms with Crippen LogP contribution < -0.4 is 5.32 Å². The summed E-state index contributed by atoms with van der Waals surface area (Å²) in [6.07, 6.45) is 1.02. The van der Waals surface area contributed by atoms with Crippen molar-refractivity contribution in [2.24, 2.45) is 0 Å². The van der Waals surface area contributed by atoms with Gasteiger partial charge in [0.1, 0.15) is 0 Å². The molecule has 1 aromatic heterocycles. The summed E-state index contributed by atoms with van der Waals surface area (Å²) in [6, 6.07) is 8.41. The average Bonchev–Trinajstić information content (AvgIpc) is 2.69. The normalized spacial score (nSPS) is 17.9. The van der Waals surface area contributed by atoms with Crippen LogP contribution in [0.5, 0.6) is 0 Å². The quantitative estimate of drug-likeness (QED) is 0.842. The van der Waals surface area contributed by atoms with Crippen molar-refractivity contribution in [3.05, 3.63) is 47.1 Å². The highest BCUT2D eigenvalue weighted by Crippen LogP contribution is 2.38. The van der Waals surface area contributed by atoms with Crippen molar-refractivity contribution in [2.45, 2.75) is 18.9 Å². The SMILES string of the molecule is CNCc1nc(C2Cc3ccccc32)no1. The molecule has 82 valence electrons. The summed E-state index contributed by atoms with van der Waals surface area (Å²) < 4.78 is 5.15. The first-order valence-electron chi connectivity index (χ1n) is 5.43. The highest BCUT2D eigenvalue weighted by Gasteiger charge is 2.30. The summed E-state index contributed by atoms with van der Waals surface area (Å²) in [5.41, 5.74) is 2.73. The molecule has 1 aromatic carbocycles. The fourth-order valence-corrected chi connectivity index (χ4v) is 2.12. The predicted octanol–water partition coefficient (Wildman–Crippen LogP) is 1.48. The van der Waals surface area contributed by atoms with Gasteiger partial charge in [0.2, 0.25) is 5.89 Å². The lowest BCUT2D eigenvalue weighted by molar-refractivity contribution is 0.364. The molecule has 16 heavy (non-hydrogen) atoms. The van der Waals surface area contributed by atoms with Gasteiger partial charge in [-0.05, 0) is 24.6 Å². The van der Waals surface area contributed by atoms with Crippen LogP contribution in [0.3, 0.4) is 0 Å². The summed E-state index contributed by atoms with van der Waals surface area (Å²) in [6.45, 7) is 0.626. The van der Waals surface area contributed by atoms with Crippen LogP contribution in [0.4, 0.5) is 0 Å². The molecule has 0 saturated heterocycles. The van der Waals surface area contributed by atoms with E-state index in [1.54, 1.807) is 0 Å². The van der Waals surface area contributed by atoms with Crippen LogP contribution in [0.25, 0.3) is 0 Å². The third-order valence-electron chi connectivity index (χ3n) is 2.98. The van der Waals surface area contributed by atoms with E-state index in [9.17, 15) is 0 Å². The fourth-order valence-electron chi connectivity index (χ4n) is 2.12. The Labute approximate surface area is 93.7 Å². The van der Waals surface area contributed by atoms with Crippen molar-refractivity contribution < 1.29 is 4.52 Å². The Kier molecular flexibility index (Phi) is 2.22. The van der Waals surface area contributed by atoms with Crippen molar-refractivity contribution in [3.63, 3.8) is 0 Å². The van der Waals surface area contributed by atoms with Crippen molar-refractivity contribution in [2.75, 3.05) is 7.05 Å². The van der Waals surface area contributed by atoms with Crippen LogP contribution in [0, 0.1) is 0 Å². The number of hydrogen-bond acceptors (Lipinski definition) is 4. The molecule has 1 aliphatic carbocycles. The third kappa shape index (κ3) is 1.42. The first-order valence-corrected chi connectivity index (χ1v) is 5.43. The molecule has 4 nitrogen and oxygen atoms in total. The number of nitrogens with zero attached hydrogens (tertiary/aromatic N) is 2. The monoisotopic (exact) mass is 215 g/mol. The molecule has 0 aliphatic heterocycles. The van der Waals surface area contributed by atoms with E-state index in [0.717, 1.165) is 12.2 Å². The molecule has 0 amide bonds. The molecule has 4 heteroatoms. The second kappa shape index (κ2) is 3.72. The fraction of sp³-hybridized carbons (Fsp3) is 0.333. The summed E-state index contributed by atoms with van der Waals surface area (Å²) in [7, 11) is 1.86. The number of rotatable bonds is 3. The Morgan fingerprint density at radius 2 is 2.31 bits per heavy atom.